The highest BCUT2D eigenvalue weighted by Crippen LogP contribution is 2.38. The molecule has 0 fully saturated rings. The fourth-order valence-corrected chi connectivity index (χ4v) is 8.01. The van der Waals surface area contributed by atoms with Gasteiger partial charge in [0.25, 0.3) is 5.91 Å². The van der Waals surface area contributed by atoms with Crippen LogP contribution in [0.4, 0.5) is 5.00 Å². The number of anilines is 1. The van der Waals surface area contributed by atoms with E-state index in [1.807, 2.05) is 6.92 Å². The summed E-state index contributed by atoms with van der Waals surface area (Å²) in [7, 11) is -1.76. The second-order valence-corrected chi connectivity index (χ2v) is 13.6. The third kappa shape index (κ3) is 7.44. The maximum absolute atomic E-state index is 12.8. The number of benzene rings is 1. The summed E-state index contributed by atoms with van der Waals surface area (Å²) in [6.45, 7) is 2.03. The first kappa shape index (κ1) is 31.4. The lowest BCUT2D eigenvalue weighted by atomic mass is 10.1. The first-order valence-corrected chi connectivity index (χ1v) is 16.6. The molecule has 2 heterocycles. The van der Waals surface area contributed by atoms with Crippen molar-refractivity contribution in [2.45, 2.75) is 45.6 Å². The minimum atomic E-state index is -4.23. The molecule has 0 radical (unpaired) electrons. The van der Waals surface area contributed by atoms with Crippen LogP contribution in [0.2, 0.25) is 0 Å². The summed E-state index contributed by atoms with van der Waals surface area (Å²) >= 11 is 2.32. The molecule has 226 valence electrons. The Morgan fingerprint density at radius 2 is 1.79 bits per heavy atom. The van der Waals surface area contributed by atoms with Crippen LogP contribution in [0, 0.1) is 0 Å². The molecular weight excluding hydrogens is 607 g/mol. The van der Waals surface area contributed by atoms with Crippen molar-refractivity contribution in [1.82, 2.24) is 4.57 Å². The Balaban J connectivity index is 1.54. The molecule has 0 saturated carbocycles. The number of thiophene rings is 1. The molecule has 0 bridgehead atoms. The van der Waals surface area contributed by atoms with Crippen LogP contribution >= 0.6 is 22.7 Å². The number of ether oxygens (including phenoxy) is 3. The fourth-order valence-electron chi connectivity index (χ4n) is 4.63. The van der Waals surface area contributed by atoms with E-state index in [1.165, 1.54) is 30.1 Å². The van der Waals surface area contributed by atoms with Crippen LogP contribution in [0.1, 0.15) is 47.0 Å². The number of nitrogens with one attached hydrogen (secondary N) is 1. The Hall–Kier alpha value is -3.56. The molecule has 0 spiro atoms. The molecule has 2 amide bonds. The zero-order valence-electron chi connectivity index (χ0n) is 23.4. The van der Waals surface area contributed by atoms with Gasteiger partial charge in [-0.15, -0.1) is 11.3 Å². The van der Waals surface area contributed by atoms with E-state index in [2.05, 4.69) is 10.3 Å². The van der Waals surface area contributed by atoms with Gasteiger partial charge in [-0.1, -0.05) is 17.8 Å². The highest BCUT2D eigenvalue weighted by molar-refractivity contribution is 7.92. The molecule has 0 unspecified atom stereocenters. The summed E-state index contributed by atoms with van der Waals surface area (Å²) in [5.74, 6) is -4.49. The number of carbonyl (C=O) groups is 4. The monoisotopic (exact) mass is 637 g/mol. The average molecular weight is 638 g/mol. The van der Waals surface area contributed by atoms with Gasteiger partial charge in [0.15, 0.2) is 14.6 Å². The van der Waals surface area contributed by atoms with Gasteiger partial charge in [-0.2, -0.15) is 4.99 Å². The first-order chi connectivity index (χ1) is 20.0. The summed E-state index contributed by atoms with van der Waals surface area (Å²) in [5, 5.41) is 2.79. The molecule has 0 atom stereocenters. The zero-order chi connectivity index (χ0) is 30.4. The lowest BCUT2D eigenvalue weighted by Crippen LogP contribution is -2.29. The number of rotatable bonds is 10. The summed E-state index contributed by atoms with van der Waals surface area (Å²) < 4.78 is 42.9. The lowest BCUT2D eigenvalue weighted by Gasteiger charge is -2.08. The molecule has 2 aromatic heterocycles. The topological polar surface area (TPSA) is 159 Å². The normalized spacial score (nSPS) is 13.7. The lowest BCUT2D eigenvalue weighted by molar-refractivity contribution is -0.141. The van der Waals surface area contributed by atoms with E-state index >= 15 is 0 Å². The quantitative estimate of drug-likeness (QED) is 0.261. The number of thiazole rings is 1. The number of hydrogen-bond donors (Lipinski definition) is 1. The van der Waals surface area contributed by atoms with Gasteiger partial charge in [-0.05, 0) is 56.4 Å². The summed E-state index contributed by atoms with van der Waals surface area (Å²) in [6, 6.07) is 5.14. The van der Waals surface area contributed by atoms with Gasteiger partial charge in [0.05, 0.1) is 36.6 Å². The molecule has 12 nitrogen and oxygen atoms in total. The number of fused-ring (bicyclic) bond motifs is 2. The predicted octanol–water partition coefficient (Wildman–Crippen LogP) is 2.87. The molecule has 4 rings (SSSR count). The summed E-state index contributed by atoms with van der Waals surface area (Å²) in [4.78, 5) is 55.1. The number of carbonyl (C=O) groups excluding carboxylic acids is 4. The third-order valence-corrected chi connectivity index (χ3v) is 10.1. The Labute approximate surface area is 250 Å². The van der Waals surface area contributed by atoms with Crippen molar-refractivity contribution < 1.29 is 41.8 Å². The number of amides is 2. The second-order valence-electron chi connectivity index (χ2n) is 9.46. The van der Waals surface area contributed by atoms with Crippen LogP contribution in [0.3, 0.4) is 0 Å². The van der Waals surface area contributed by atoms with Gasteiger partial charge in [0.2, 0.25) is 5.91 Å². The van der Waals surface area contributed by atoms with E-state index < -0.39 is 45.1 Å². The SMILES string of the molecule is CCOc1ccc2c(c1)sc(=NC(=O)CS(=O)(=O)CC(=O)Nc1sc3c(c1C(=O)OC)CCCCC3)n2CC(=O)OC. The molecule has 3 aromatic rings. The van der Waals surface area contributed by atoms with Gasteiger partial charge in [-0.25, -0.2) is 13.2 Å². The van der Waals surface area contributed by atoms with E-state index in [0.717, 1.165) is 47.5 Å². The van der Waals surface area contributed by atoms with E-state index in [4.69, 9.17) is 14.2 Å². The summed E-state index contributed by atoms with van der Waals surface area (Å²) in [5.41, 5.74) is 1.66. The van der Waals surface area contributed by atoms with Crippen LogP contribution < -0.4 is 14.9 Å². The van der Waals surface area contributed by atoms with E-state index in [0.29, 0.717) is 29.0 Å². The summed E-state index contributed by atoms with van der Waals surface area (Å²) in [6.07, 6.45) is 4.30. The maximum Gasteiger partial charge on any atom is 0.341 e. The number of aryl methyl sites for hydroxylation is 1. The molecule has 42 heavy (non-hydrogen) atoms. The second kappa shape index (κ2) is 13.6. The Bertz CT molecular complexity index is 1700. The van der Waals surface area contributed by atoms with Crippen molar-refractivity contribution in [1.29, 1.82) is 0 Å². The molecule has 15 heteroatoms. The standard InChI is InChI=1S/C27H31N3O9S3/c1-4-39-16-10-11-18-20(12-16)41-27(30(18)13-23(33)37-2)29-22(32)15-42(35,36)14-21(31)28-25-24(26(34)38-3)17-8-6-5-7-9-19(17)40-25/h10-12H,4-9,13-15H2,1-3H3,(H,28,31). The van der Waals surface area contributed by atoms with E-state index in [1.54, 1.807) is 18.2 Å². The minimum Gasteiger partial charge on any atom is -0.494 e. The Morgan fingerprint density at radius 3 is 2.50 bits per heavy atom. The van der Waals surface area contributed by atoms with Crippen molar-refractivity contribution in [2.24, 2.45) is 4.99 Å². The average Bonchev–Trinajstić information content (AvgIpc) is 3.33. The van der Waals surface area contributed by atoms with Crippen molar-refractivity contribution in [2.75, 3.05) is 37.6 Å². The molecule has 1 aliphatic rings. The van der Waals surface area contributed by atoms with Crippen LogP contribution in [-0.4, -0.2) is 69.1 Å². The number of aromatic nitrogens is 1. The predicted molar refractivity (Wildman–Crippen MR) is 158 cm³/mol. The molecule has 1 aromatic carbocycles. The smallest absolute Gasteiger partial charge is 0.341 e. The van der Waals surface area contributed by atoms with Crippen molar-refractivity contribution in [3.05, 3.63) is 39.0 Å². The van der Waals surface area contributed by atoms with Gasteiger partial charge in [0, 0.05) is 4.88 Å². The van der Waals surface area contributed by atoms with Crippen LogP contribution in [0.15, 0.2) is 23.2 Å². The fraction of sp³-hybridized carbons (Fsp3) is 0.444. The Kier molecular flexibility index (Phi) is 10.2. The molecule has 1 N–H and O–H groups in total. The number of esters is 2. The number of hydrogen-bond acceptors (Lipinski definition) is 11. The van der Waals surface area contributed by atoms with Crippen molar-refractivity contribution in [3.63, 3.8) is 0 Å². The number of nitrogens with zero attached hydrogens (tertiary/aromatic N) is 2. The van der Waals surface area contributed by atoms with E-state index in [9.17, 15) is 27.6 Å². The van der Waals surface area contributed by atoms with E-state index in [-0.39, 0.29) is 21.9 Å². The van der Waals surface area contributed by atoms with Gasteiger partial charge < -0.3 is 24.1 Å². The van der Waals surface area contributed by atoms with Gasteiger partial charge in [-0.3, -0.25) is 14.4 Å². The largest absolute Gasteiger partial charge is 0.494 e. The Morgan fingerprint density at radius 1 is 1.02 bits per heavy atom. The highest BCUT2D eigenvalue weighted by Gasteiger charge is 2.28. The third-order valence-electron chi connectivity index (χ3n) is 6.46. The van der Waals surface area contributed by atoms with Gasteiger partial charge in [0.1, 0.15) is 28.8 Å². The highest BCUT2D eigenvalue weighted by atomic mass is 32.2. The van der Waals surface area contributed by atoms with Crippen LogP contribution in [0.5, 0.6) is 5.75 Å². The molecule has 0 aliphatic heterocycles. The number of methoxy groups -OCH3 is 2. The molecule has 0 saturated heterocycles. The zero-order valence-corrected chi connectivity index (χ0v) is 25.8. The maximum atomic E-state index is 12.8. The van der Waals surface area contributed by atoms with Gasteiger partial charge >= 0.3 is 11.9 Å². The molecule has 1 aliphatic carbocycles. The van der Waals surface area contributed by atoms with Crippen molar-refractivity contribution >= 4 is 71.5 Å². The molecular formula is C27H31N3O9S3. The first-order valence-electron chi connectivity index (χ1n) is 13.2. The minimum absolute atomic E-state index is 0.0940. The number of sulfone groups is 1. The van der Waals surface area contributed by atoms with Crippen LogP contribution in [0.25, 0.3) is 10.2 Å². The van der Waals surface area contributed by atoms with Crippen molar-refractivity contribution in [3.8, 4) is 5.75 Å². The van der Waals surface area contributed by atoms with Crippen LogP contribution in [-0.2, 0) is 53.1 Å².